The van der Waals surface area contributed by atoms with E-state index < -0.39 is 16.8 Å². The number of aryl methyl sites for hydroxylation is 1. The van der Waals surface area contributed by atoms with E-state index in [-0.39, 0.29) is 22.6 Å². The second-order valence-corrected chi connectivity index (χ2v) is 4.53. The van der Waals surface area contributed by atoms with Crippen LogP contribution in [0.25, 0.3) is 0 Å². The third-order valence-electron chi connectivity index (χ3n) is 2.81. The molecule has 20 heavy (non-hydrogen) atoms. The fraction of sp³-hybridized carbons (Fsp3) is 0.0714. The number of carbonyl (C=O) groups is 2. The van der Waals surface area contributed by atoms with Crippen LogP contribution in [0.2, 0.25) is 0 Å². The van der Waals surface area contributed by atoms with E-state index in [1.165, 1.54) is 24.3 Å². The largest absolute Gasteiger partial charge is 0.383 e. The van der Waals surface area contributed by atoms with Crippen molar-refractivity contribution in [3.05, 3.63) is 58.5 Å². The molecular formula is C14H10ClFN2O2. The van der Waals surface area contributed by atoms with E-state index in [0.717, 1.165) is 6.07 Å². The summed E-state index contributed by atoms with van der Waals surface area (Å²) in [6, 6.07) is 6.56. The number of benzene rings is 1. The first kappa shape index (κ1) is 14.1. The van der Waals surface area contributed by atoms with Gasteiger partial charge in [0.1, 0.15) is 17.3 Å². The van der Waals surface area contributed by atoms with Crippen molar-refractivity contribution in [3.63, 3.8) is 0 Å². The molecule has 0 saturated heterocycles. The second-order valence-electron chi connectivity index (χ2n) is 4.19. The number of aromatic nitrogens is 1. The van der Waals surface area contributed by atoms with Gasteiger partial charge in [0.05, 0.1) is 5.56 Å². The molecule has 0 aliphatic heterocycles. The number of anilines is 1. The van der Waals surface area contributed by atoms with Crippen LogP contribution >= 0.6 is 11.6 Å². The number of nitrogens with zero attached hydrogens (tertiary/aromatic N) is 1. The highest BCUT2D eigenvalue weighted by atomic mass is 35.5. The van der Waals surface area contributed by atoms with Crippen LogP contribution in [0.1, 0.15) is 32.0 Å². The van der Waals surface area contributed by atoms with Crippen molar-refractivity contribution in [1.82, 2.24) is 4.98 Å². The Labute approximate surface area is 119 Å². The lowest BCUT2D eigenvalue weighted by Crippen LogP contribution is -2.10. The van der Waals surface area contributed by atoms with Crippen LogP contribution in [0.3, 0.4) is 0 Å². The molecule has 0 fully saturated rings. The average molecular weight is 293 g/mol. The predicted molar refractivity (Wildman–Crippen MR) is 73.4 cm³/mol. The lowest BCUT2D eigenvalue weighted by molar-refractivity contribution is 0.103. The summed E-state index contributed by atoms with van der Waals surface area (Å²) in [4.78, 5) is 27.1. The van der Waals surface area contributed by atoms with Gasteiger partial charge in [0.2, 0.25) is 5.78 Å². The summed E-state index contributed by atoms with van der Waals surface area (Å²) in [5.74, 6) is -1.12. The van der Waals surface area contributed by atoms with Crippen molar-refractivity contribution >= 4 is 28.4 Å². The van der Waals surface area contributed by atoms with Crippen molar-refractivity contribution in [2.24, 2.45) is 0 Å². The SMILES string of the molecule is Cc1ccc(F)cc1C(=O)c1ccc(C(=O)Cl)c(N)n1. The molecule has 2 rings (SSSR count). The number of halogens is 2. The molecule has 0 atom stereocenters. The molecule has 0 unspecified atom stereocenters. The number of pyridine rings is 1. The number of ketones is 1. The van der Waals surface area contributed by atoms with E-state index in [9.17, 15) is 14.0 Å². The lowest BCUT2D eigenvalue weighted by atomic mass is 10.0. The van der Waals surface area contributed by atoms with E-state index in [1.807, 2.05) is 0 Å². The highest BCUT2D eigenvalue weighted by Crippen LogP contribution is 2.18. The van der Waals surface area contributed by atoms with Gasteiger partial charge in [-0.3, -0.25) is 9.59 Å². The smallest absolute Gasteiger partial charge is 0.256 e. The molecule has 0 spiro atoms. The number of hydrogen-bond donors (Lipinski definition) is 1. The lowest BCUT2D eigenvalue weighted by Gasteiger charge is -2.06. The first-order valence-corrected chi connectivity index (χ1v) is 6.05. The molecule has 0 saturated carbocycles. The summed E-state index contributed by atoms with van der Waals surface area (Å²) >= 11 is 5.31. The molecule has 1 aromatic heterocycles. The summed E-state index contributed by atoms with van der Waals surface area (Å²) in [5.41, 5.74) is 6.43. The minimum Gasteiger partial charge on any atom is -0.383 e. The first-order valence-electron chi connectivity index (χ1n) is 5.67. The summed E-state index contributed by atoms with van der Waals surface area (Å²) in [7, 11) is 0. The van der Waals surface area contributed by atoms with Gasteiger partial charge in [0.15, 0.2) is 0 Å². The minimum atomic E-state index is -0.754. The molecule has 1 heterocycles. The van der Waals surface area contributed by atoms with Crippen molar-refractivity contribution in [2.45, 2.75) is 6.92 Å². The Morgan fingerprint density at radius 2 is 1.90 bits per heavy atom. The van der Waals surface area contributed by atoms with E-state index in [1.54, 1.807) is 6.92 Å². The Morgan fingerprint density at radius 1 is 1.20 bits per heavy atom. The Bertz CT molecular complexity index is 716. The predicted octanol–water partition coefficient (Wildman–Crippen LogP) is 2.72. The van der Waals surface area contributed by atoms with Gasteiger partial charge in [-0.15, -0.1) is 0 Å². The molecule has 0 radical (unpaired) electrons. The van der Waals surface area contributed by atoms with Crippen LogP contribution in [-0.4, -0.2) is 16.0 Å². The maximum Gasteiger partial charge on any atom is 0.256 e. The molecule has 1 aromatic carbocycles. The van der Waals surface area contributed by atoms with Gasteiger partial charge in [0.25, 0.3) is 5.24 Å². The molecule has 6 heteroatoms. The summed E-state index contributed by atoms with van der Waals surface area (Å²) in [5, 5.41) is -0.754. The molecule has 2 aromatic rings. The first-order chi connectivity index (χ1) is 9.40. The molecular weight excluding hydrogens is 283 g/mol. The number of carbonyl (C=O) groups excluding carboxylic acids is 2. The van der Waals surface area contributed by atoms with Gasteiger partial charge in [-0.05, 0) is 48.4 Å². The molecule has 0 aliphatic carbocycles. The van der Waals surface area contributed by atoms with Crippen molar-refractivity contribution < 1.29 is 14.0 Å². The molecule has 2 N–H and O–H groups in total. The third-order valence-corrected chi connectivity index (χ3v) is 3.02. The standard InChI is InChI=1S/C14H10ClFN2O2/c1-7-2-3-8(16)6-10(7)12(19)11-5-4-9(13(15)20)14(17)18-11/h2-6H,1H3,(H2,17,18). The highest BCUT2D eigenvalue weighted by molar-refractivity contribution is 6.68. The van der Waals surface area contributed by atoms with Crippen LogP contribution in [0.5, 0.6) is 0 Å². The Kier molecular flexibility index (Phi) is 3.81. The zero-order valence-electron chi connectivity index (χ0n) is 10.5. The molecule has 0 amide bonds. The monoisotopic (exact) mass is 292 g/mol. The van der Waals surface area contributed by atoms with E-state index in [2.05, 4.69) is 4.98 Å². The van der Waals surface area contributed by atoms with Gasteiger partial charge < -0.3 is 5.73 Å². The molecule has 0 aliphatic rings. The van der Waals surface area contributed by atoms with Crippen LogP contribution in [0, 0.1) is 12.7 Å². The van der Waals surface area contributed by atoms with Crippen molar-refractivity contribution in [2.75, 3.05) is 5.73 Å². The van der Waals surface area contributed by atoms with Crippen molar-refractivity contribution in [1.29, 1.82) is 0 Å². The number of hydrogen-bond acceptors (Lipinski definition) is 4. The average Bonchev–Trinajstić information content (AvgIpc) is 2.40. The minimum absolute atomic E-state index is 0.0258. The summed E-state index contributed by atoms with van der Waals surface area (Å²) < 4.78 is 13.2. The van der Waals surface area contributed by atoms with E-state index in [0.29, 0.717) is 5.56 Å². The third kappa shape index (κ3) is 2.67. The van der Waals surface area contributed by atoms with Gasteiger partial charge in [-0.2, -0.15) is 0 Å². The molecule has 4 nitrogen and oxygen atoms in total. The fourth-order valence-corrected chi connectivity index (χ4v) is 1.90. The topological polar surface area (TPSA) is 73.0 Å². The number of nitrogen functional groups attached to an aromatic ring is 1. The van der Waals surface area contributed by atoms with Crippen LogP contribution in [0.4, 0.5) is 10.2 Å². The maximum absolute atomic E-state index is 13.2. The van der Waals surface area contributed by atoms with E-state index in [4.69, 9.17) is 17.3 Å². The van der Waals surface area contributed by atoms with Crippen LogP contribution < -0.4 is 5.73 Å². The fourth-order valence-electron chi connectivity index (χ4n) is 1.74. The Morgan fingerprint density at radius 3 is 2.50 bits per heavy atom. The molecule has 0 bridgehead atoms. The number of nitrogens with two attached hydrogens (primary N) is 1. The normalized spacial score (nSPS) is 10.3. The zero-order chi connectivity index (χ0) is 14.9. The maximum atomic E-state index is 13.2. The zero-order valence-corrected chi connectivity index (χ0v) is 11.2. The van der Waals surface area contributed by atoms with Crippen LogP contribution in [-0.2, 0) is 0 Å². The van der Waals surface area contributed by atoms with Crippen LogP contribution in [0.15, 0.2) is 30.3 Å². The second kappa shape index (κ2) is 5.38. The quantitative estimate of drug-likeness (QED) is 0.697. The highest BCUT2D eigenvalue weighted by Gasteiger charge is 2.17. The van der Waals surface area contributed by atoms with E-state index >= 15 is 0 Å². The van der Waals surface area contributed by atoms with Gasteiger partial charge in [0, 0.05) is 5.56 Å². The molecule has 102 valence electrons. The van der Waals surface area contributed by atoms with Gasteiger partial charge in [-0.1, -0.05) is 6.07 Å². The van der Waals surface area contributed by atoms with Gasteiger partial charge in [-0.25, -0.2) is 9.37 Å². The summed E-state index contributed by atoms with van der Waals surface area (Å²) in [6.07, 6.45) is 0. The Hall–Kier alpha value is -2.27. The van der Waals surface area contributed by atoms with Gasteiger partial charge >= 0.3 is 0 Å². The van der Waals surface area contributed by atoms with Crippen molar-refractivity contribution in [3.8, 4) is 0 Å². The Balaban J connectivity index is 2.46. The number of rotatable bonds is 3. The summed E-state index contributed by atoms with van der Waals surface area (Å²) in [6.45, 7) is 1.69.